The number of nitrogens with zero attached hydrogens (tertiary/aromatic N) is 3. The summed E-state index contributed by atoms with van der Waals surface area (Å²) in [5, 5.41) is 6.07. The Labute approximate surface area is 156 Å². The number of halogens is 1. The van der Waals surface area contributed by atoms with Crippen molar-refractivity contribution >= 4 is 45.3 Å². The van der Waals surface area contributed by atoms with Crippen molar-refractivity contribution in [3.8, 4) is 11.1 Å². The van der Waals surface area contributed by atoms with Crippen molar-refractivity contribution in [1.82, 2.24) is 20.2 Å². The minimum atomic E-state index is -0.356. The van der Waals surface area contributed by atoms with Gasteiger partial charge in [-0.3, -0.25) is 9.69 Å². The third-order valence-corrected chi connectivity index (χ3v) is 5.84. The summed E-state index contributed by atoms with van der Waals surface area (Å²) >= 11 is 2.74. The maximum absolute atomic E-state index is 13.2. The highest BCUT2D eigenvalue weighted by Gasteiger charge is 2.26. The van der Waals surface area contributed by atoms with E-state index in [1.165, 1.54) is 46.5 Å². The first-order chi connectivity index (χ1) is 12.6. The summed E-state index contributed by atoms with van der Waals surface area (Å²) in [6.07, 6.45) is 1.46. The smallest absolute Gasteiger partial charge is 0.324 e. The predicted octanol–water partition coefficient (Wildman–Crippen LogP) is 3.14. The van der Waals surface area contributed by atoms with Crippen LogP contribution in [0.25, 0.3) is 21.3 Å². The van der Waals surface area contributed by atoms with Crippen LogP contribution in [0.3, 0.4) is 0 Å². The van der Waals surface area contributed by atoms with Gasteiger partial charge in [0.15, 0.2) is 0 Å². The number of aromatic nitrogens is 2. The molecule has 2 aromatic heterocycles. The van der Waals surface area contributed by atoms with E-state index in [2.05, 4.69) is 15.3 Å². The number of benzene rings is 1. The minimum absolute atomic E-state index is 0.109. The number of amides is 3. The average molecular weight is 388 g/mol. The van der Waals surface area contributed by atoms with Crippen molar-refractivity contribution in [3.05, 3.63) is 41.8 Å². The molecular formula is C17H13FN4O2S2. The van der Waals surface area contributed by atoms with Crippen LogP contribution in [0.15, 0.2) is 41.0 Å². The number of imide groups is 1. The third-order valence-electron chi connectivity index (χ3n) is 3.98. The molecule has 0 radical (unpaired) electrons. The predicted molar refractivity (Wildman–Crippen MR) is 98.6 cm³/mol. The second-order valence-corrected chi connectivity index (χ2v) is 7.40. The lowest BCUT2D eigenvalue weighted by Gasteiger charge is -2.11. The number of fused-ring (bicyclic) bond motifs is 1. The number of carbonyl (C=O) groups excluding carboxylic acids is 2. The SMILES string of the molecule is O=C(CSc1ncnc2scc(-c3ccc(F)cc3)c12)N1CCNC1=O. The third kappa shape index (κ3) is 3.15. The van der Waals surface area contributed by atoms with Crippen molar-refractivity contribution in [2.45, 2.75) is 5.03 Å². The summed E-state index contributed by atoms with van der Waals surface area (Å²) in [5.74, 6) is -0.443. The number of hydrogen-bond donors (Lipinski definition) is 1. The zero-order valence-corrected chi connectivity index (χ0v) is 15.1. The normalized spacial score (nSPS) is 14.0. The fraction of sp³-hybridized carbons (Fsp3) is 0.176. The van der Waals surface area contributed by atoms with Crippen molar-refractivity contribution < 1.29 is 14.0 Å². The van der Waals surface area contributed by atoms with Crippen molar-refractivity contribution in [2.24, 2.45) is 0 Å². The second kappa shape index (κ2) is 7.00. The van der Waals surface area contributed by atoms with Gasteiger partial charge in [0.1, 0.15) is 22.0 Å². The first-order valence-electron chi connectivity index (χ1n) is 7.82. The topological polar surface area (TPSA) is 75.2 Å². The molecule has 132 valence electrons. The molecular weight excluding hydrogens is 375 g/mol. The number of rotatable bonds is 4. The zero-order chi connectivity index (χ0) is 18.1. The van der Waals surface area contributed by atoms with Gasteiger partial charge >= 0.3 is 6.03 Å². The summed E-state index contributed by atoms with van der Waals surface area (Å²) in [6, 6.07) is 5.87. The van der Waals surface area contributed by atoms with E-state index in [0.717, 1.165) is 21.3 Å². The maximum atomic E-state index is 13.2. The van der Waals surface area contributed by atoms with Crippen molar-refractivity contribution in [3.63, 3.8) is 0 Å². The minimum Gasteiger partial charge on any atom is -0.336 e. The molecule has 0 atom stereocenters. The Balaban J connectivity index is 1.63. The molecule has 0 bridgehead atoms. The highest BCUT2D eigenvalue weighted by atomic mass is 32.2. The van der Waals surface area contributed by atoms with Crippen LogP contribution in [0.1, 0.15) is 0 Å². The van der Waals surface area contributed by atoms with Gasteiger partial charge in [-0.05, 0) is 17.7 Å². The molecule has 0 aliphatic carbocycles. The zero-order valence-electron chi connectivity index (χ0n) is 13.4. The Morgan fingerprint density at radius 3 is 2.85 bits per heavy atom. The summed E-state index contributed by atoms with van der Waals surface area (Å²) in [4.78, 5) is 34.5. The van der Waals surface area contributed by atoms with Crippen LogP contribution >= 0.6 is 23.1 Å². The first-order valence-corrected chi connectivity index (χ1v) is 9.69. The molecule has 0 unspecified atom stereocenters. The highest BCUT2D eigenvalue weighted by Crippen LogP contribution is 2.37. The van der Waals surface area contributed by atoms with Gasteiger partial charge in [0.05, 0.1) is 11.1 Å². The lowest BCUT2D eigenvalue weighted by Crippen LogP contribution is -2.35. The second-order valence-electron chi connectivity index (χ2n) is 5.58. The van der Waals surface area contributed by atoms with Gasteiger partial charge in [-0.1, -0.05) is 23.9 Å². The molecule has 3 aromatic rings. The summed E-state index contributed by atoms with van der Waals surface area (Å²) < 4.78 is 13.2. The Morgan fingerprint density at radius 2 is 2.12 bits per heavy atom. The maximum Gasteiger partial charge on any atom is 0.324 e. The molecule has 1 saturated heterocycles. The molecule has 26 heavy (non-hydrogen) atoms. The van der Waals surface area contributed by atoms with E-state index in [-0.39, 0.29) is 23.5 Å². The Hall–Kier alpha value is -2.52. The van der Waals surface area contributed by atoms with Crippen molar-refractivity contribution in [2.75, 3.05) is 18.8 Å². The summed E-state index contributed by atoms with van der Waals surface area (Å²) in [6.45, 7) is 0.864. The number of nitrogens with one attached hydrogen (secondary N) is 1. The molecule has 3 heterocycles. The highest BCUT2D eigenvalue weighted by molar-refractivity contribution is 8.00. The molecule has 6 nitrogen and oxygen atoms in total. The monoisotopic (exact) mass is 388 g/mol. The molecule has 1 aromatic carbocycles. The Kier molecular flexibility index (Phi) is 4.56. The van der Waals surface area contributed by atoms with Crippen LogP contribution < -0.4 is 5.32 Å². The van der Waals surface area contributed by atoms with E-state index in [1.807, 2.05) is 5.38 Å². The Bertz CT molecular complexity index is 990. The van der Waals surface area contributed by atoms with Gasteiger partial charge in [0.2, 0.25) is 5.91 Å². The van der Waals surface area contributed by atoms with E-state index in [0.29, 0.717) is 18.1 Å². The van der Waals surface area contributed by atoms with Gasteiger partial charge in [-0.25, -0.2) is 19.2 Å². The lowest BCUT2D eigenvalue weighted by atomic mass is 10.1. The average Bonchev–Trinajstić information content (AvgIpc) is 3.27. The van der Waals surface area contributed by atoms with E-state index < -0.39 is 0 Å². The van der Waals surface area contributed by atoms with Gasteiger partial charge in [-0.15, -0.1) is 11.3 Å². The van der Waals surface area contributed by atoms with Gasteiger partial charge in [0, 0.05) is 24.0 Å². The fourth-order valence-corrected chi connectivity index (χ4v) is 4.59. The van der Waals surface area contributed by atoms with Gasteiger partial charge < -0.3 is 5.32 Å². The molecule has 9 heteroatoms. The number of carbonyl (C=O) groups is 2. The number of hydrogen-bond acceptors (Lipinski definition) is 6. The Morgan fingerprint density at radius 1 is 1.31 bits per heavy atom. The molecule has 1 aliphatic heterocycles. The van der Waals surface area contributed by atoms with Crippen molar-refractivity contribution in [1.29, 1.82) is 0 Å². The molecule has 4 rings (SSSR count). The van der Waals surface area contributed by atoms with Gasteiger partial charge in [-0.2, -0.15) is 0 Å². The summed E-state index contributed by atoms with van der Waals surface area (Å²) in [7, 11) is 0. The van der Waals surface area contributed by atoms with Crippen LogP contribution in [0.5, 0.6) is 0 Å². The number of urea groups is 1. The summed E-state index contributed by atoms with van der Waals surface area (Å²) in [5.41, 5.74) is 1.76. The number of thiophene rings is 1. The van der Waals surface area contributed by atoms with Crippen LogP contribution in [0, 0.1) is 5.82 Å². The van der Waals surface area contributed by atoms with E-state index in [1.54, 1.807) is 12.1 Å². The van der Waals surface area contributed by atoms with E-state index in [9.17, 15) is 14.0 Å². The van der Waals surface area contributed by atoms with Gasteiger partial charge in [0.25, 0.3) is 0 Å². The van der Waals surface area contributed by atoms with Crippen LogP contribution in [0.4, 0.5) is 9.18 Å². The molecule has 1 N–H and O–H groups in total. The molecule has 0 saturated carbocycles. The molecule has 1 fully saturated rings. The largest absolute Gasteiger partial charge is 0.336 e. The molecule has 3 amide bonds. The van der Waals surface area contributed by atoms with Crippen LogP contribution in [0.2, 0.25) is 0 Å². The van der Waals surface area contributed by atoms with E-state index >= 15 is 0 Å². The molecule has 0 spiro atoms. The fourth-order valence-electron chi connectivity index (χ4n) is 2.72. The lowest BCUT2D eigenvalue weighted by molar-refractivity contribution is -0.124. The van der Waals surface area contributed by atoms with Crippen LogP contribution in [-0.4, -0.2) is 45.6 Å². The van der Waals surface area contributed by atoms with E-state index in [4.69, 9.17) is 0 Å². The van der Waals surface area contributed by atoms with Crippen LogP contribution in [-0.2, 0) is 4.79 Å². The standard InChI is InChI=1S/C17H13FN4O2S2/c18-11-3-1-10(2-4-11)12-7-25-15-14(12)16(21-9-20-15)26-8-13(23)22-6-5-19-17(22)24/h1-4,7,9H,5-6,8H2,(H,19,24). The quantitative estimate of drug-likeness (QED) is 0.549. The first kappa shape index (κ1) is 16.9. The number of thioether (sulfide) groups is 1. The molecule has 1 aliphatic rings.